The number of carbonyl (C=O) groups excluding carboxylic acids is 1. The topological polar surface area (TPSA) is 73.1 Å². The summed E-state index contributed by atoms with van der Waals surface area (Å²) in [4.78, 5) is 13.8. The van der Waals surface area contributed by atoms with E-state index in [0.717, 1.165) is 38.2 Å². The van der Waals surface area contributed by atoms with Crippen LogP contribution < -0.4 is 0 Å². The lowest BCUT2D eigenvalue weighted by Crippen LogP contribution is -2.29. The van der Waals surface area contributed by atoms with E-state index in [1.54, 1.807) is 9.58 Å². The Morgan fingerprint density at radius 1 is 1.55 bits per heavy atom. The summed E-state index contributed by atoms with van der Waals surface area (Å²) in [5, 5.41) is 11.2. The second-order valence-electron chi connectivity index (χ2n) is 5.29. The highest BCUT2D eigenvalue weighted by Crippen LogP contribution is 2.16. The molecule has 112 valence electrons. The van der Waals surface area contributed by atoms with Crippen LogP contribution in [0.15, 0.2) is 0 Å². The molecule has 0 spiro atoms. The number of rotatable bonds is 7. The Labute approximate surface area is 119 Å². The van der Waals surface area contributed by atoms with E-state index in [2.05, 4.69) is 15.5 Å². The smallest absolute Gasteiger partial charge is 0.224 e. The maximum Gasteiger partial charge on any atom is 0.224 e. The van der Waals surface area contributed by atoms with Crippen LogP contribution in [0, 0.1) is 6.92 Å². The number of hydrogen-bond acceptors (Lipinski definition) is 5. The molecule has 7 nitrogen and oxygen atoms in total. The molecule has 0 radical (unpaired) electrons. The van der Waals surface area contributed by atoms with Crippen LogP contribution in [0.2, 0.25) is 0 Å². The summed E-state index contributed by atoms with van der Waals surface area (Å²) in [7, 11) is 1.85. The molecule has 1 atom stereocenters. The second kappa shape index (κ2) is 7.33. The zero-order valence-electron chi connectivity index (χ0n) is 12.3. The van der Waals surface area contributed by atoms with Gasteiger partial charge in [0, 0.05) is 26.6 Å². The van der Waals surface area contributed by atoms with Gasteiger partial charge >= 0.3 is 0 Å². The first kappa shape index (κ1) is 14.9. The van der Waals surface area contributed by atoms with Gasteiger partial charge in [0.2, 0.25) is 5.91 Å². The number of aromatic nitrogens is 4. The number of aryl methyl sites for hydroxylation is 2. The molecule has 1 aromatic heterocycles. The quantitative estimate of drug-likeness (QED) is 0.739. The average Bonchev–Trinajstić information content (AvgIpc) is 3.07. The SMILES string of the molecule is Cc1nnnn1CCC(=O)N(C)CCC[C@H]1CCCO1. The lowest BCUT2D eigenvalue weighted by Gasteiger charge is -2.18. The van der Waals surface area contributed by atoms with Gasteiger partial charge in [0.15, 0.2) is 0 Å². The molecule has 1 aromatic rings. The number of amides is 1. The van der Waals surface area contributed by atoms with E-state index >= 15 is 0 Å². The van der Waals surface area contributed by atoms with Crippen molar-refractivity contribution >= 4 is 5.91 Å². The van der Waals surface area contributed by atoms with Crippen molar-refractivity contribution in [2.45, 2.75) is 51.7 Å². The summed E-state index contributed by atoms with van der Waals surface area (Å²) in [6.07, 6.45) is 5.21. The Morgan fingerprint density at radius 3 is 3.05 bits per heavy atom. The molecule has 1 fully saturated rings. The highest BCUT2D eigenvalue weighted by molar-refractivity contribution is 5.75. The predicted molar refractivity (Wildman–Crippen MR) is 73.0 cm³/mol. The standard InChI is InChI=1S/C13H23N5O2/c1-11-14-15-16-18(11)9-7-13(19)17(2)8-3-5-12-6-4-10-20-12/h12H,3-10H2,1-2H3/t12-/m0/s1. The first-order valence-electron chi connectivity index (χ1n) is 7.25. The zero-order chi connectivity index (χ0) is 14.4. The molecule has 1 aliphatic heterocycles. The van der Waals surface area contributed by atoms with Gasteiger partial charge in [-0.1, -0.05) is 0 Å². The van der Waals surface area contributed by atoms with Crippen LogP contribution in [-0.2, 0) is 16.1 Å². The van der Waals surface area contributed by atoms with Crippen molar-refractivity contribution in [3.63, 3.8) is 0 Å². The molecule has 0 unspecified atom stereocenters. The number of tetrazole rings is 1. The molecular weight excluding hydrogens is 258 g/mol. The van der Waals surface area contributed by atoms with Crippen LogP contribution in [0.4, 0.5) is 0 Å². The molecule has 2 rings (SSSR count). The van der Waals surface area contributed by atoms with Crippen LogP contribution in [0.3, 0.4) is 0 Å². The van der Waals surface area contributed by atoms with Gasteiger partial charge in [-0.25, -0.2) is 4.68 Å². The third kappa shape index (κ3) is 4.26. The number of nitrogens with zero attached hydrogens (tertiary/aromatic N) is 5. The van der Waals surface area contributed by atoms with Crippen molar-refractivity contribution in [3.8, 4) is 0 Å². The van der Waals surface area contributed by atoms with Crippen LogP contribution in [0.5, 0.6) is 0 Å². The number of hydrogen-bond donors (Lipinski definition) is 0. The first-order valence-corrected chi connectivity index (χ1v) is 7.25. The molecule has 2 heterocycles. The Bertz CT molecular complexity index is 428. The van der Waals surface area contributed by atoms with E-state index in [0.29, 0.717) is 19.1 Å². The normalized spacial score (nSPS) is 18.4. The molecule has 0 aliphatic carbocycles. The maximum absolute atomic E-state index is 12.0. The van der Waals surface area contributed by atoms with Crippen molar-refractivity contribution < 1.29 is 9.53 Å². The fourth-order valence-corrected chi connectivity index (χ4v) is 2.40. The minimum atomic E-state index is 0.132. The average molecular weight is 281 g/mol. The third-order valence-electron chi connectivity index (χ3n) is 3.72. The fourth-order valence-electron chi connectivity index (χ4n) is 2.40. The van der Waals surface area contributed by atoms with E-state index in [1.165, 1.54) is 6.42 Å². The van der Waals surface area contributed by atoms with E-state index in [9.17, 15) is 4.79 Å². The minimum Gasteiger partial charge on any atom is -0.378 e. The summed E-state index contributed by atoms with van der Waals surface area (Å²) in [6.45, 7) is 4.04. The van der Waals surface area contributed by atoms with Crippen LogP contribution >= 0.6 is 0 Å². The molecule has 0 saturated carbocycles. The molecule has 0 N–H and O–H groups in total. The monoisotopic (exact) mass is 281 g/mol. The second-order valence-corrected chi connectivity index (χ2v) is 5.29. The number of carbonyl (C=O) groups is 1. The first-order chi connectivity index (χ1) is 9.66. The van der Waals surface area contributed by atoms with Gasteiger partial charge in [0.05, 0.1) is 12.6 Å². The number of ether oxygens (including phenoxy) is 1. The Kier molecular flexibility index (Phi) is 5.46. The summed E-state index contributed by atoms with van der Waals surface area (Å²) >= 11 is 0. The maximum atomic E-state index is 12.0. The molecule has 20 heavy (non-hydrogen) atoms. The van der Waals surface area contributed by atoms with Gasteiger partial charge in [0.25, 0.3) is 0 Å². The molecular formula is C13H23N5O2. The van der Waals surface area contributed by atoms with Crippen molar-refractivity contribution in [2.75, 3.05) is 20.2 Å². The van der Waals surface area contributed by atoms with Gasteiger partial charge in [-0.3, -0.25) is 4.79 Å². The summed E-state index contributed by atoms with van der Waals surface area (Å²) in [5.41, 5.74) is 0. The van der Waals surface area contributed by atoms with Crippen LogP contribution in [0.25, 0.3) is 0 Å². The van der Waals surface area contributed by atoms with Crippen molar-refractivity contribution in [3.05, 3.63) is 5.82 Å². The van der Waals surface area contributed by atoms with Gasteiger partial charge in [-0.15, -0.1) is 5.10 Å². The molecule has 1 amide bonds. The molecule has 0 aromatic carbocycles. The van der Waals surface area contributed by atoms with E-state index in [1.807, 2.05) is 14.0 Å². The largest absolute Gasteiger partial charge is 0.378 e. The van der Waals surface area contributed by atoms with Crippen molar-refractivity contribution in [2.24, 2.45) is 0 Å². The summed E-state index contributed by atoms with van der Waals surface area (Å²) in [6, 6.07) is 0. The predicted octanol–water partition coefficient (Wildman–Crippen LogP) is 0.789. The lowest BCUT2D eigenvalue weighted by atomic mass is 10.1. The highest BCUT2D eigenvalue weighted by atomic mass is 16.5. The zero-order valence-corrected chi connectivity index (χ0v) is 12.3. The molecule has 0 bridgehead atoms. The Morgan fingerprint density at radius 2 is 2.40 bits per heavy atom. The fraction of sp³-hybridized carbons (Fsp3) is 0.846. The lowest BCUT2D eigenvalue weighted by molar-refractivity contribution is -0.130. The van der Waals surface area contributed by atoms with Crippen LogP contribution in [0.1, 0.15) is 37.9 Å². The minimum absolute atomic E-state index is 0.132. The Balaban J connectivity index is 1.62. The van der Waals surface area contributed by atoms with Crippen molar-refractivity contribution in [1.82, 2.24) is 25.1 Å². The van der Waals surface area contributed by atoms with Gasteiger partial charge in [0.1, 0.15) is 5.82 Å². The van der Waals surface area contributed by atoms with E-state index in [4.69, 9.17) is 4.74 Å². The van der Waals surface area contributed by atoms with Gasteiger partial charge in [-0.05, 0) is 43.0 Å². The Hall–Kier alpha value is -1.50. The molecule has 1 aliphatic rings. The van der Waals surface area contributed by atoms with Crippen molar-refractivity contribution in [1.29, 1.82) is 0 Å². The third-order valence-corrected chi connectivity index (χ3v) is 3.72. The van der Waals surface area contributed by atoms with Crippen LogP contribution in [-0.4, -0.2) is 57.3 Å². The summed E-state index contributed by atoms with van der Waals surface area (Å²) in [5.74, 6) is 0.867. The molecule has 7 heteroatoms. The van der Waals surface area contributed by atoms with E-state index < -0.39 is 0 Å². The van der Waals surface area contributed by atoms with E-state index in [-0.39, 0.29) is 5.91 Å². The van der Waals surface area contributed by atoms with Gasteiger partial charge < -0.3 is 9.64 Å². The van der Waals surface area contributed by atoms with Gasteiger partial charge in [-0.2, -0.15) is 0 Å². The summed E-state index contributed by atoms with van der Waals surface area (Å²) < 4.78 is 7.23. The highest BCUT2D eigenvalue weighted by Gasteiger charge is 2.16. The molecule has 1 saturated heterocycles.